The van der Waals surface area contributed by atoms with Crippen LogP contribution in [0, 0.1) is 11.8 Å². The summed E-state index contributed by atoms with van der Waals surface area (Å²) in [5.74, 6) is 1.66. The Morgan fingerprint density at radius 2 is 2.04 bits per heavy atom. The van der Waals surface area contributed by atoms with E-state index >= 15 is 0 Å². The maximum Gasteiger partial charge on any atom is 0.227 e. The van der Waals surface area contributed by atoms with Crippen molar-refractivity contribution >= 4 is 0 Å². The Bertz CT molecular complexity index is 584. The highest BCUT2D eigenvalue weighted by atomic mass is 16.4. The first-order valence-corrected chi connectivity index (χ1v) is 9.26. The molecule has 1 aromatic rings. The van der Waals surface area contributed by atoms with Crippen LogP contribution in [0.4, 0.5) is 0 Å². The number of allylic oxidation sites excluding steroid dienone is 3. The molecular formula is C20H30N2O2. The monoisotopic (exact) mass is 330 g/mol. The van der Waals surface area contributed by atoms with Crippen LogP contribution in [-0.2, 0) is 12.0 Å². The number of aromatic nitrogens is 1. The highest BCUT2D eigenvalue weighted by Gasteiger charge is 2.48. The first-order chi connectivity index (χ1) is 11.6. The molecule has 1 heterocycles. The normalized spacial score (nSPS) is 24.4. The SMILES string of the molecule is CN(C)CCc1cnc(C(O)(C2C=CC=CC2)C2CCCCC2)o1. The second-order valence-corrected chi connectivity index (χ2v) is 7.50. The van der Waals surface area contributed by atoms with Gasteiger partial charge < -0.3 is 14.4 Å². The zero-order valence-electron chi connectivity index (χ0n) is 14.9. The Labute approximate surface area is 145 Å². The average molecular weight is 330 g/mol. The second-order valence-electron chi connectivity index (χ2n) is 7.50. The summed E-state index contributed by atoms with van der Waals surface area (Å²) in [6, 6.07) is 0. The number of rotatable bonds is 6. The van der Waals surface area contributed by atoms with E-state index in [0.717, 1.165) is 38.0 Å². The summed E-state index contributed by atoms with van der Waals surface area (Å²) in [5, 5.41) is 11.8. The van der Waals surface area contributed by atoms with Crippen LogP contribution in [0.15, 0.2) is 34.9 Å². The molecule has 4 nitrogen and oxygen atoms in total. The maximum atomic E-state index is 11.8. The molecule has 132 valence electrons. The first kappa shape index (κ1) is 17.4. The molecule has 0 bridgehead atoms. The van der Waals surface area contributed by atoms with Gasteiger partial charge in [-0.15, -0.1) is 0 Å². The van der Waals surface area contributed by atoms with E-state index in [1.54, 1.807) is 6.20 Å². The van der Waals surface area contributed by atoms with Crippen molar-refractivity contribution < 1.29 is 9.52 Å². The van der Waals surface area contributed by atoms with Crippen molar-refractivity contribution in [2.45, 2.75) is 50.5 Å². The van der Waals surface area contributed by atoms with Gasteiger partial charge in [-0.05, 0) is 39.3 Å². The van der Waals surface area contributed by atoms with E-state index in [9.17, 15) is 5.11 Å². The van der Waals surface area contributed by atoms with Crippen molar-refractivity contribution in [2.24, 2.45) is 11.8 Å². The molecule has 0 spiro atoms. The van der Waals surface area contributed by atoms with Crippen LogP contribution in [-0.4, -0.2) is 35.6 Å². The minimum atomic E-state index is -0.988. The van der Waals surface area contributed by atoms with E-state index < -0.39 is 5.60 Å². The lowest BCUT2D eigenvalue weighted by molar-refractivity contribution is -0.0934. The summed E-state index contributed by atoms with van der Waals surface area (Å²) in [5.41, 5.74) is -0.988. The van der Waals surface area contributed by atoms with Gasteiger partial charge >= 0.3 is 0 Å². The molecule has 2 aliphatic rings. The van der Waals surface area contributed by atoms with E-state index in [1.807, 2.05) is 6.08 Å². The van der Waals surface area contributed by atoms with Gasteiger partial charge in [0, 0.05) is 18.9 Å². The number of hydrogen-bond acceptors (Lipinski definition) is 4. The summed E-state index contributed by atoms with van der Waals surface area (Å²) in [6.45, 7) is 0.919. The van der Waals surface area contributed by atoms with Crippen LogP contribution in [0.2, 0.25) is 0 Å². The van der Waals surface area contributed by atoms with Crippen molar-refractivity contribution in [1.29, 1.82) is 0 Å². The average Bonchev–Trinajstić information content (AvgIpc) is 3.10. The third kappa shape index (κ3) is 3.65. The number of hydrogen-bond donors (Lipinski definition) is 1. The topological polar surface area (TPSA) is 49.5 Å². The summed E-state index contributed by atoms with van der Waals surface area (Å²) >= 11 is 0. The molecule has 2 unspecified atom stereocenters. The van der Waals surface area contributed by atoms with E-state index in [4.69, 9.17) is 4.42 Å². The zero-order chi connectivity index (χ0) is 17.0. The van der Waals surface area contributed by atoms with Crippen LogP contribution in [0.25, 0.3) is 0 Å². The third-order valence-corrected chi connectivity index (χ3v) is 5.48. The number of aliphatic hydroxyl groups is 1. The molecule has 2 atom stereocenters. The molecule has 3 rings (SSSR count). The summed E-state index contributed by atoms with van der Waals surface area (Å²) in [6.07, 6.45) is 17.6. The third-order valence-electron chi connectivity index (χ3n) is 5.48. The lowest BCUT2D eigenvalue weighted by Gasteiger charge is -2.41. The van der Waals surface area contributed by atoms with Gasteiger partial charge in [0.05, 0.1) is 6.20 Å². The van der Waals surface area contributed by atoms with Gasteiger partial charge in [-0.25, -0.2) is 4.98 Å². The fourth-order valence-electron chi connectivity index (χ4n) is 4.03. The highest BCUT2D eigenvalue weighted by Crippen LogP contribution is 2.46. The van der Waals surface area contributed by atoms with Crippen LogP contribution >= 0.6 is 0 Å². The second kappa shape index (κ2) is 7.66. The Morgan fingerprint density at radius 1 is 1.25 bits per heavy atom. The van der Waals surface area contributed by atoms with Gasteiger partial charge in [0.1, 0.15) is 11.4 Å². The lowest BCUT2D eigenvalue weighted by Crippen LogP contribution is -2.43. The highest BCUT2D eigenvalue weighted by molar-refractivity contribution is 5.19. The summed E-state index contributed by atoms with van der Waals surface area (Å²) < 4.78 is 6.06. The predicted octanol–water partition coefficient (Wildman–Crippen LogP) is 3.68. The van der Waals surface area contributed by atoms with Gasteiger partial charge in [0.25, 0.3) is 0 Å². The van der Waals surface area contributed by atoms with Crippen molar-refractivity contribution in [3.63, 3.8) is 0 Å². The number of nitrogens with zero attached hydrogens (tertiary/aromatic N) is 2. The van der Waals surface area contributed by atoms with Gasteiger partial charge in [-0.3, -0.25) is 0 Å². The van der Waals surface area contributed by atoms with Crippen molar-refractivity contribution in [3.05, 3.63) is 42.2 Å². The molecule has 0 aromatic carbocycles. The molecule has 0 radical (unpaired) electrons. The smallest absolute Gasteiger partial charge is 0.227 e. The summed E-state index contributed by atoms with van der Waals surface area (Å²) in [7, 11) is 4.10. The molecule has 0 aliphatic heterocycles. The standard InChI is InChI=1S/C20H30N2O2/c1-22(2)14-13-18-15-21-19(24-18)20(23,16-9-5-3-6-10-16)17-11-7-4-8-12-17/h3,5-6,9,15-17,23H,4,7-8,10-14H2,1-2H3. The molecule has 24 heavy (non-hydrogen) atoms. The van der Waals surface area contributed by atoms with Crippen LogP contribution < -0.4 is 0 Å². The van der Waals surface area contributed by atoms with Crippen molar-refractivity contribution in [2.75, 3.05) is 20.6 Å². The minimum absolute atomic E-state index is 0.0472. The number of oxazole rings is 1. The molecule has 1 aromatic heterocycles. The Morgan fingerprint density at radius 3 is 2.71 bits per heavy atom. The van der Waals surface area contributed by atoms with Crippen molar-refractivity contribution in [1.82, 2.24) is 9.88 Å². The van der Waals surface area contributed by atoms with E-state index in [-0.39, 0.29) is 11.8 Å². The summed E-state index contributed by atoms with van der Waals surface area (Å²) in [4.78, 5) is 6.65. The van der Waals surface area contributed by atoms with E-state index in [0.29, 0.717) is 5.89 Å². The molecule has 4 heteroatoms. The van der Waals surface area contributed by atoms with E-state index in [2.05, 4.69) is 42.2 Å². The maximum absolute atomic E-state index is 11.8. The van der Waals surface area contributed by atoms with Crippen LogP contribution in [0.1, 0.15) is 50.2 Å². The molecule has 1 N–H and O–H groups in total. The molecule has 0 amide bonds. The van der Waals surface area contributed by atoms with Crippen LogP contribution in [0.5, 0.6) is 0 Å². The molecule has 1 fully saturated rings. The Balaban J connectivity index is 1.86. The minimum Gasteiger partial charge on any atom is -0.443 e. The Kier molecular flexibility index (Phi) is 5.57. The molecule has 2 aliphatic carbocycles. The molecule has 0 saturated heterocycles. The molecule has 1 saturated carbocycles. The van der Waals surface area contributed by atoms with Gasteiger partial charge in [0.15, 0.2) is 0 Å². The van der Waals surface area contributed by atoms with Crippen molar-refractivity contribution in [3.8, 4) is 0 Å². The fraction of sp³-hybridized carbons (Fsp3) is 0.650. The lowest BCUT2D eigenvalue weighted by atomic mass is 9.68. The first-order valence-electron chi connectivity index (χ1n) is 9.26. The number of likely N-dealkylation sites (N-methyl/N-ethyl adjacent to an activating group) is 1. The van der Waals surface area contributed by atoms with Gasteiger partial charge in [-0.1, -0.05) is 43.6 Å². The largest absolute Gasteiger partial charge is 0.443 e. The predicted molar refractivity (Wildman–Crippen MR) is 95.6 cm³/mol. The fourth-order valence-corrected chi connectivity index (χ4v) is 4.03. The van der Waals surface area contributed by atoms with Crippen LogP contribution in [0.3, 0.4) is 0 Å². The Hall–Kier alpha value is -1.39. The zero-order valence-corrected chi connectivity index (χ0v) is 14.9. The van der Waals surface area contributed by atoms with Gasteiger partial charge in [0.2, 0.25) is 5.89 Å². The quantitative estimate of drug-likeness (QED) is 0.864. The van der Waals surface area contributed by atoms with Gasteiger partial charge in [-0.2, -0.15) is 0 Å². The molecular weight excluding hydrogens is 300 g/mol. The van der Waals surface area contributed by atoms with E-state index in [1.165, 1.54) is 19.3 Å².